The van der Waals surface area contributed by atoms with Crippen molar-refractivity contribution in [3.8, 4) is 0 Å². The van der Waals surface area contributed by atoms with Crippen molar-refractivity contribution in [3.05, 3.63) is 58.9 Å². The predicted molar refractivity (Wildman–Crippen MR) is 90.8 cm³/mol. The second-order valence-electron chi connectivity index (χ2n) is 5.34. The zero-order valence-corrected chi connectivity index (χ0v) is 14.4. The first-order valence-corrected chi connectivity index (χ1v) is 7.96. The molecule has 2 rings (SSSR count). The van der Waals surface area contributed by atoms with Crippen molar-refractivity contribution in [1.82, 2.24) is 9.88 Å². The fourth-order valence-electron chi connectivity index (χ4n) is 2.19. The average molecular weight is 386 g/mol. The number of rotatable bonds is 5. The summed E-state index contributed by atoms with van der Waals surface area (Å²) in [5, 5.41) is 2.87. The van der Waals surface area contributed by atoms with Crippen molar-refractivity contribution in [2.45, 2.75) is 19.6 Å². The molecule has 0 bridgehead atoms. The summed E-state index contributed by atoms with van der Waals surface area (Å²) in [6.07, 6.45) is -3.62. The Morgan fingerprint density at radius 3 is 2.54 bits per heavy atom. The molecule has 1 aromatic carbocycles. The molecule has 5 nitrogen and oxygen atoms in total. The van der Waals surface area contributed by atoms with Crippen molar-refractivity contribution in [2.75, 3.05) is 11.9 Å². The van der Waals surface area contributed by atoms with Gasteiger partial charge in [0.05, 0.1) is 5.56 Å². The molecule has 0 aliphatic carbocycles. The summed E-state index contributed by atoms with van der Waals surface area (Å²) in [4.78, 5) is 28.0. The van der Waals surface area contributed by atoms with Crippen LogP contribution in [-0.4, -0.2) is 34.4 Å². The van der Waals surface area contributed by atoms with Crippen molar-refractivity contribution in [3.63, 3.8) is 0 Å². The van der Waals surface area contributed by atoms with Crippen LogP contribution in [0.15, 0.2) is 42.6 Å². The molecule has 0 saturated heterocycles. The van der Waals surface area contributed by atoms with Crippen LogP contribution in [0, 0.1) is 0 Å². The third kappa shape index (κ3) is 5.19. The highest BCUT2D eigenvalue weighted by atomic mass is 35.5. The number of anilines is 1. The molecule has 138 valence electrons. The molecule has 0 radical (unpaired) electrons. The number of alkyl halides is 3. The number of hydrogen-bond donors (Lipinski definition) is 1. The fraction of sp³-hybridized carbons (Fsp3) is 0.235. The van der Waals surface area contributed by atoms with Gasteiger partial charge >= 0.3 is 12.1 Å². The number of pyridine rings is 1. The highest BCUT2D eigenvalue weighted by Gasteiger charge is 2.41. The summed E-state index contributed by atoms with van der Waals surface area (Å²) in [5.41, 5.74) is 1.12. The number of carbonyl (C=O) groups is 2. The van der Waals surface area contributed by atoms with Crippen molar-refractivity contribution in [1.29, 1.82) is 0 Å². The molecule has 1 heterocycles. The van der Waals surface area contributed by atoms with Gasteiger partial charge in [-0.05, 0) is 36.8 Å². The molecular weight excluding hydrogens is 371 g/mol. The number of aromatic nitrogens is 1. The van der Waals surface area contributed by atoms with E-state index in [9.17, 15) is 22.8 Å². The predicted octanol–water partition coefficient (Wildman–Crippen LogP) is 3.90. The second kappa shape index (κ2) is 8.18. The van der Waals surface area contributed by atoms with E-state index in [0.29, 0.717) is 16.2 Å². The van der Waals surface area contributed by atoms with Crippen LogP contribution in [0.25, 0.3) is 0 Å². The van der Waals surface area contributed by atoms with Gasteiger partial charge in [-0.25, -0.2) is 4.98 Å². The van der Waals surface area contributed by atoms with Gasteiger partial charge < -0.3 is 10.2 Å². The van der Waals surface area contributed by atoms with Crippen LogP contribution in [0.1, 0.15) is 22.8 Å². The molecule has 2 amide bonds. The first-order valence-electron chi connectivity index (χ1n) is 7.58. The highest BCUT2D eigenvalue weighted by Crippen LogP contribution is 2.21. The van der Waals surface area contributed by atoms with E-state index in [-0.39, 0.29) is 23.8 Å². The van der Waals surface area contributed by atoms with Gasteiger partial charge in [-0.15, -0.1) is 0 Å². The van der Waals surface area contributed by atoms with Gasteiger partial charge in [0.15, 0.2) is 0 Å². The first kappa shape index (κ1) is 19.7. The maximum absolute atomic E-state index is 12.6. The Labute approximate surface area is 152 Å². The number of nitrogens with zero attached hydrogens (tertiary/aromatic N) is 2. The Bertz CT molecular complexity index is 795. The van der Waals surface area contributed by atoms with Crippen LogP contribution in [0.4, 0.5) is 18.9 Å². The van der Waals surface area contributed by atoms with Crippen LogP contribution >= 0.6 is 11.6 Å². The second-order valence-corrected chi connectivity index (χ2v) is 5.73. The molecule has 0 atom stereocenters. The minimum absolute atomic E-state index is 0.0919. The Balaban J connectivity index is 2.10. The van der Waals surface area contributed by atoms with E-state index in [0.717, 1.165) is 0 Å². The van der Waals surface area contributed by atoms with Gasteiger partial charge in [-0.3, -0.25) is 9.59 Å². The van der Waals surface area contributed by atoms with Gasteiger partial charge in [0.2, 0.25) is 0 Å². The lowest BCUT2D eigenvalue weighted by Gasteiger charge is -2.22. The van der Waals surface area contributed by atoms with Crippen LogP contribution in [0.2, 0.25) is 5.15 Å². The molecule has 0 saturated carbocycles. The van der Waals surface area contributed by atoms with Gasteiger partial charge in [-0.1, -0.05) is 23.7 Å². The van der Waals surface area contributed by atoms with Gasteiger partial charge in [-0.2, -0.15) is 13.2 Å². The maximum Gasteiger partial charge on any atom is 0.471 e. The smallest absolute Gasteiger partial charge is 0.331 e. The molecule has 0 unspecified atom stereocenters. The Morgan fingerprint density at radius 1 is 1.23 bits per heavy atom. The molecule has 1 aromatic heterocycles. The largest absolute Gasteiger partial charge is 0.471 e. The topological polar surface area (TPSA) is 62.3 Å². The molecule has 0 spiro atoms. The molecule has 0 aliphatic rings. The van der Waals surface area contributed by atoms with Gasteiger partial charge in [0.1, 0.15) is 5.15 Å². The third-order valence-corrected chi connectivity index (χ3v) is 3.68. The number of carbonyl (C=O) groups excluding carboxylic acids is 2. The van der Waals surface area contributed by atoms with Gasteiger partial charge in [0.25, 0.3) is 5.91 Å². The third-order valence-electron chi connectivity index (χ3n) is 3.46. The van der Waals surface area contributed by atoms with Crippen molar-refractivity contribution < 1.29 is 22.8 Å². The minimum atomic E-state index is -4.93. The number of halogens is 4. The van der Waals surface area contributed by atoms with Crippen molar-refractivity contribution >= 4 is 29.1 Å². The van der Waals surface area contributed by atoms with Crippen LogP contribution in [0.5, 0.6) is 0 Å². The fourth-order valence-corrected chi connectivity index (χ4v) is 2.30. The van der Waals surface area contributed by atoms with E-state index in [4.69, 9.17) is 11.6 Å². The van der Waals surface area contributed by atoms with E-state index in [2.05, 4.69) is 10.3 Å². The average Bonchev–Trinajstić information content (AvgIpc) is 2.59. The van der Waals surface area contributed by atoms with E-state index in [1.54, 1.807) is 18.2 Å². The number of hydrogen-bond acceptors (Lipinski definition) is 3. The van der Waals surface area contributed by atoms with Crippen LogP contribution in [0.3, 0.4) is 0 Å². The summed E-state index contributed by atoms with van der Waals surface area (Å²) in [7, 11) is 0. The SMILES string of the molecule is CCN(Cc1cccc(NC(=O)c2ccc(Cl)nc2)c1)C(=O)C(F)(F)F. The summed E-state index contributed by atoms with van der Waals surface area (Å²) >= 11 is 5.66. The van der Waals surface area contributed by atoms with E-state index in [1.165, 1.54) is 31.3 Å². The van der Waals surface area contributed by atoms with Crippen molar-refractivity contribution in [2.24, 2.45) is 0 Å². The zero-order chi connectivity index (χ0) is 19.3. The quantitative estimate of drug-likeness (QED) is 0.794. The molecular formula is C17H15ClF3N3O2. The molecule has 0 fully saturated rings. The molecule has 2 aromatic rings. The Kier molecular flexibility index (Phi) is 6.20. The molecule has 9 heteroatoms. The molecule has 26 heavy (non-hydrogen) atoms. The monoisotopic (exact) mass is 385 g/mol. The van der Waals surface area contributed by atoms with Crippen LogP contribution in [-0.2, 0) is 11.3 Å². The highest BCUT2D eigenvalue weighted by molar-refractivity contribution is 6.29. The summed E-state index contributed by atoms with van der Waals surface area (Å²) in [6.45, 7) is 1.15. The van der Waals surface area contributed by atoms with Gasteiger partial charge in [0, 0.05) is 25.0 Å². The minimum Gasteiger partial charge on any atom is -0.331 e. The summed E-state index contributed by atoms with van der Waals surface area (Å²) in [6, 6.07) is 9.22. The molecule has 0 aliphatic heterocycles. The standard InChI is InChI=1S/C17H15ClF3N3O2/c1-2-24(16(26)17(19,20)21)10-11-4-3-5-13(8-11)23-15(25)12-6-7-14(18)22-9-12/h3-9H,2,10H2,1H3,(H,23,25). The first-order chi connectivity index (χ1) is 12.2. The Hall–Kier alpha value is -2.61. The number of amides is 2. The summed E-state index contributed by atoms with van der Waals surface area (Å²) < 4.78 is 37.8. The Morgan fingerprint density at radius 2 is 1.96 bits per heavy atom. The van der Waals surface area contributed by atoms with E-state index < -0.39 is 18.0 Å². The lowest BCUT2D eigenvalue weighted by molar-refractivity contribution is -0.185. The van der Waals surface area contributed by atoms with E-state index in [1.807, 2.05) is 0 Å². The zero-order valence-electron chi connectivity index (χ0n) is 13.7. The lowest BCUT2D eigenvalue weighted by Crippen LogP contribution is -2.40. The normalized spacial score (nSPS) is 11.1. The van der Waals surface area contributed by atoms with E-state index >= 15 is 0 Å². The lowest BCUT2D eigenvalue weighted by atomic mass is 10.1. The number of benzene rings is 1. The molecule has 1 N–H and O–H groups in total. The summed E-state index contributed by atoms with van der Waals surface area (Å²) in [5.74, 6) is -2.34. The maximum atomic E-state index is 12.6. The number of nitrogens with one attached hydrogen (secondary N) is 1. The van der Waals surface area contributed by atoms with Crippen LogP contribution < -0.4 is 5.32 Å².